The molecule has 1 aliphatic heterocycles. The molecular weight excluding hydrogens is 216 g/mol. The molecule has 1 saturated heterocycles. The van der Waals surface area contributed by atoms with E-state index in [2.05, 4.69) is 17.1 Å². The van der Waals surface area contributed by atoms with Gasteiger partial charge in [-0.2, -0.15) is 0 Å². The predicted octanol–water partition coefficient (Wildman–Crippen LogP) is 1.26. The van der Waals surface area contributed by atoms with Crippen molar-refractivity contribution in [3.05, 3.63) is 0 Å². The second-order valence-corrected chi connectivity index (χ2v) is 5.95. The molecule has 1 fully saturated rings. The number of ether oxygens (including phenoxy) is 1. The van der Waals surface area contributed by atoms with Crippen molar-refractivity contribution >= 4 is 5.97 Å². The molecule has 0 aromatic rings. The summed E-state index contributed by atoms with van der Waals surface area (Å²) in [7, 11) is 0. The molecule has 4 nitrogen and oxygen atoms in total. The van der Waals surface area contributed by atoms with Crippen LogP contribution < -0.4 is 5.32 Å². The molecule has 4 heteroatoms. The molecule has 0 bridgehead atoms. The van der Waals surface area contributed by atoms with Gasteiger partial charge < -0.3 is 15.0 Å². The summed E-state index contributed by atoms with van der Waals surface area (Å²) in [5, 5.41) is 3.33. The quantitative estimate of drug-likeness (QED) is 0.754. The molecule has 0 spiro atoms. The fourth-order valence-electron chi connectivity index (χ4n) is 2.07. The second kappa shape index (κ2) is 6.36. The van der Waals surface area contributed by atoms with E-state index in [-0.39, 0.29) is 11.6 Å². The van der Waals surface area contributed by atoms with E-state index in [1.54, 1.807) is 0 Å². The number of rotatable bonds is 4. The van der Waals surface area contributed by atoms with Gasteiger partial charge in [0, 0.05) is 39.1 Å². The molecule has 100 valence electrons. The topological polar surface area (TPSA) is 41.6 Å². The number of carbonyl (C=O) groups excluding carboxylic acids is 1. The van der Waals surface area contributed by atoms with E-state index in [1.807, 2.05) is 20.8 Å². The van der Waals surface area contributed by atoms with Crippen LogP contribution in [0.5, 0.6) is 0 Å². The van der Waals surface area contributed by atoms with Gasteiger partial charge in [0.25, 0.3) is 0 Å². The lowest BCUT2D eigenvalue weighted by molar-refractivity contribution is -0.155. The number of carbonyl (C=O) groups is 1. The number of nitrogens with one attached hydrogen (secondary N) is 1. The maximum atomic E-state index is 11.7. The van der Waals surface area contributed by atoms with E-state index < -0.39 is 0 Å². The summed E-state index contributed by atoms with van der Waals surface area (Å²) in [6.45, 7) is 13.1. The van der Waals surface area contributed by atoms with E-state index in [4.69, 9.17) is 4.74 Å². The van der Waals surface area contributed by atoms with Crippen LogP contribution in [-0.4, -0.2) is 49.2 Å². The van der Waals surface area contributed by atoms with E-state index in [1.165, 1.54) is 0 Å². The lowest BCUT2D eigenvalue weighted by Gasteiger charge is -2.29. The summed E-state index contributed by atoms with van der Waals surface area (Å²) in [5.74, 6) is 0.281. The smallest absolute Gasteiger partial charge is 0.306 e. The number of hydrogen-bond acceptors (Lipinski definition) is 4. The molecule has 0 aromatic carbocycles. The third-order valence-electron chi connectivity index (χ3n) is 2.71. The maximum absolute atomic E-state index is 11.7. The first-order valence-electron chi connectivity index (χ1n) is 6.52. The highest BCUT2D eigenvalue weighted by atomic mass is 16.6. The first-order valence-corrected chi connectivity index (χ1v) is 6.52. The highest BCUT2D eigenvalue weighted by molar-refractivity contribution is 5.70. The fraction of sp³-hybridized carbons (Fsp3) is 0.923. The zero-order chi connectivity index (χ0) is 12.9. The Bertz CT molecular complexity index is 242. The molecule has 1 heterocycles. The number of piperazine rings is 1. The Kier molecular flexibility index (Phi) is 5.40. The third-order valence-corrected chi connectivity index (χ3v) is 2.71. The van der Waals surface area contributed by atoms with Crippen molar-refractivity contribution in [2.45, 2.75) is 39.7 Å². The Balaban J connectivity index is 2.23. The van der Waals surface area contributed by atoms with Crippen molar-refractivity contribution in [2.75, 3.05) is 32.7 Å². The van der Waals surface area contributed by atoms with Crippen LogP contribution in [-0.2, 0) is 9.53 Å². The molecule has 0 saturated carbocycles. The Labute approximate surface area is 105 Å². The molecular formula is C13H26N2O2. The average Bonchev–Trinajstić information content (AvgIpc) is 2.15. The fourth-order valence-corrected chi connectivity index (χ4v) is 2.07. The second-order valence-electron chi connectivity index (χ2n) is 5.95. The Morgan fingerprint density at radius 1 is 1.35 bits per heavy atom. The summed E-state index contributed by atoms with van der Waals surface area (Å²) in [4.78, 5) is 14.1. The van der Waals surface area contributed by atoms with Crippen LogP contribution in [0, 0.1) is 5.92 Å². The number of esters is 1. The predicted molar refractivity (Wildman–Crippen MR) is 68.9 cm³/mol. The Hall–Kier alpha value is -0.610. The molecule has 0 aliphatic carbocycles. The van der Waals surface area contributed by atoms with Gasteiger partial charge in [0.15, 0.2) is 0 Å². The maximum Gasteiger partial charge on any atom is 0.306 e. The highest BCUT2D eigenvalue weighted by Gasteiger charge is 2.20. The van der Waals surface area contributed by atoms with Crippen molar-refractivity contribution in [1.82, 2.24) is 10.2 Å². The van der Waals surface area contributed by atoms with Gasteiger partial charge >= 0.3 is 5.97 Å². The van der Waals surface area contributed by atoms with Gasteiger partial charge in [-0.1, -0.05) is 6.92 Å². The minimum absolute atomic E-state index is 0.0832. The van der Waals surface area contributed by atoms with Crippen LogP contribution in [0.3, 0.4) is 0 Å². The highest BCUT2D eigenvalue weighted by Crippen LogP contribution is 2.12. The van der Waals surface area contributed by atoms with Crippen molar-refractivity contribution < 1.29 is 9.53 Å². The summed E-state index contributed by atoms with van der Waals surface area (Å²) in [6.07, 6.45) is 0.515. The van der Waals surface area contributed by atoms with Gasteiger partial charge in [0.2, 0.25) is 0 Å². The van der Waals surface area contributed by atoms with Gasteiger partial charge in [-0.3, -0.25) is 4.79 Å². The van der Waals surface area contributed by atoms with Gasteiger partial charge in [-0.15, -0.1) is 0 Å². The molecule has 1 atom stereocenters. The molecule has 1 N–H and O–H groups in total. The van der Waals surface area contributed by atoms with Gasteiger partial charge in [-0.05, 0) is 26.7 Å². The van der Waals surface area contributed by atoms with Crippen molar-refractivity contribution in [2.24, 2.45) is 5.92 Å². The van der Waals surface area contributed by atoms with Gasteiger partial charge in [-0.25, -0.2) is 0 Å². The first kappa shape index (κ1) is 14.5. The molecule has 0 aromatic heterocycles. The van der Waals surface area contributed by atoms with Gasteiger partial charge in [0.05, 0.1) is 0 Å². The van der Waals surface area contributed by atoms with Crippen LogP contribution in [0.2, 0.25) is 0 Å². The molecule has 1 aliphatic rings. The SMILES string of the molecule is CC(CC(=O)OC(C)(C)C)CN1CCNCC1. The summed E-state index contributed by atoms with van der Waals surface area (Å²) >= 11 is 0. The lowest BCUT2D eigenvalue weighted by atomic mass is 10.1. The monoisotopic (exact) mass is 242 g/mol. The Morgan fingerprint density at radius 3 is 2.47 bits per heavy atom. The molecule has 1 rings (SSSR count). The van der Waals surface area contributed by atoms with Gasteiger partial charge in [0.1, 0.15) is 5.60 Å². The summed E-state index contributed by atoms with van der Waals surface area (Å²) in [6, 6.07) is 0. The van der Waals surface area contributed by atoms with Crippen molar-refractivity contribution in [3.8, 4) is 0 Å². The van der Waals surface area contributed by atoms with Crippen LogP contribution in [0.15, 0.2) is 0 Å². The van der Waals surface area contributed by atoms with E-state index in [0.717, 1.165) is 32.7 Å². The van der Waals surface area contributed by atoms with Crippen LogP contribution in [0.1, 0.15) is 34.1 Å². The summed E-state index contributed by atoms with van der Waals surface area (Å²) in [5.41, 5.74) is -0.369. The minimum atomic E-state index is -0.369. The van der Waals surface area contributed by atoms with E-state index in [9.17, 15) is 4.79 Å². The molecule has 0 amide bonds. The first-order chi connectivity index (χ1) is 7.87. The van der Waals surface area contributed by atoms with E-state index in [0.29, 0.717) is 12.3 Å². The molecule has 0 radical (unpaired) electrons. The lowest BCUT2D eigenvalue weighted by Crippen LogP contribution is -2.45. The van der Waals surface area contributed by atoms with Crippen LogP contribution in [0.4, 0.5) is 0 Å². The normalized spacial score (nSPS) is 20.0. The van der Waals surface area contributed by atoms with Crippen molar-refractivity contribution in [1.29, 1.82) is 0 Å². The standard InChI is InChI=1S/C13H26N2O2/c1-11(9-12(16)17-13(2,3)4)10-15-7-5-14-6-8-15/h11,14H,5-10H2,1-4H3. The zero-order valence-corrected chi connectivity index (χ0v) is 11.6. The van der Waals surface area contributed by atoms with E-state index >= 15 is 0 Å². The van der Waals surface area contributed by atoms with Crippen molar-refractivity contribution in [3.63, 3.8) is 0 Å². The molecule has 1 unspecified atom stereocenters. The van der Waals surface area contributed by atoms with Crippen LogP contribution in [0.25, 0.3) is 0 Å². The zero-order valence-electron chi connectivity index (χ0n) is 11.6. The molecule has 17 heavy (non-hydrogen) atoms. The van der Waals surface area contributed by atoms with Crippen LogP contribution >= 0.6 is 0 Å². The number of hydrogen-bond donors (Lipinski definition) is 1. The minimum Gasteiger partial charge on any atom is -0.460 e. The average molecular weight is 242 g/mol. The third kappa shape index (κ3) is 6.64. The number of nitrogens with zero attached hydrogens (tertiary/aromatic N) is 1. The Morgan fingerprint density at radius 2 is 1.94 bits per heavy atom. The summed E-state index contributed by atoms with van der Waals surface area (Å²) < 4.78 is 5.33. The largest absolute Gasteiger partial charge is 0.460 e.